The fraction of sp³-hybridized carbons (Fsp3) is 0.533. The van der Waals surface area contributed by atoms with E-state index in [1.807, 2.05) is 24.3 Å². The van der Waals surface area contributed by atoms with Gasteiger partial charge in [0.15, 0.2) is 0 Å². The van der Waals surface area contributed by atoms with Crippen LogP contribution in [0.3, 0.4) is 0 Å². The van der Waals surface area contributed by atoms with Crippen LogP contribution in [0.2, 0.25) is 0 Å². The largest absolute Gasteiger partial charge is 0.496 e. The maximum Gasteiger partial charge on any atom is 0.126 e. The van der Waals surface area contributed by atoms with Gasteiger partial charge >= 0.3 is 0 Å². The summed E-state index contributed by atoms with van der Waals surface area (Å²) >= 11 is 0. The summed E-state index contributed by atoms with van der Waals surface area (Å²) < 4.78 is 11.5. The molecule has 2 saturated carbocycles. The van der Waals surface area contributed by atoms with Crippen molar-refractivity contribution in [3.8, 4) is 11.5 Å². The molecule has 0 saturated heterocycles. The van der Waals surface area contributed by atoms with Crippen LogP contribution in [0.1, 0.15) is 51.9 Å². The van der Waals surface area contributed by atoms with Crippen molar-refractivity contribution in [1.82, 2.24) is 4.90 Å². The zero-order valence-corrected chi connectivity index (χ0v) is 24.9. The van der Waals surface area contributed by atoms with Crippen LogP contribution in [0.15, 0.2) is 48.5 Å². The fourth-order valence-electron chi connectivity index (χ4n) is 5.50. The SMILES string of the molecule is C1CCCC1.COc1ccccc1P(c1ccccc1OC)C1CCC([C@@H](C)N(C)C)C1C=O.[CH3-].[Fe]. The van der Waals surface area contributed by atoms with Crippen molar-refractivity contribution in [2.75, 3.05) is 28.3 Å². The van der Waals surface area contributed by atoms with Crippen LogP contribution in [0, 0.1) is 19.3 Å². The molecule has 2 aliphatic carbocycles. The third-order valence-electron chi connectivity index (χ3n) is 7.60. The van der Waals surface area contributed by atoms with E-state index in [9.17, 15) is 4.79 Å². The number of nitrogens with zero attached hydrogens (tertiary/aromatic N) is 1. The molecule has 0 aliphatic heterocycles. The van der Waals surface area contributed by atoms with Crippen LogP contribution in [0.25, 0.3) is 0 Å². The van der Waals surface area contributed by atoms with E-state index in [1.165, 1.54) is 49.0 Å². The predicted octanol–water partition coefficient (Wildman–Crippen LogP) is 6.08. The monoisotopic (exact) mass is 554 g/mol. The predicted molar refractivity (Wildman–Crippen MR) is 151 cm³/mol. The van der Waals surface area contributed by atoms with Gasteiger partial charge in [-0.05, 0) is 65.5 Å². The molecule has 0 N–H and O–H groups in total. The molecule has 3 unspecified atom stereocenters. The third kappa shape index (κ3) is 7.81. The first-order valence-electron chi connectivity index (χ1n) is 12.7. The zero-order chi connectivity index (χ0) is 24.5. The standard InChI is InChI=1S/C24H32NO3P.C5H10.CH3.Fe/c1-17(25(2)3)18-14-15-22(19(18)16-26)29(23-12-8-6-10-20(23)27-4)24-13-9-7-11-21(24)28-5;1-2-4-5-3-1;;/h6-13,16-19,22H,14-15H2,1-5H3;1-5H2;1H3;/q;;-1;/t17-,18?,19?,22?;;;/m1.../s1. The second-order valence-electron chi connectivity index (χ2n) is 9.71. The third-order valence-corrected chi connectivity index (χ3v) is 10.6. The van der Waals surface area contributed by atoms with Gasteiger partial charge in [-0.15, -0.1) is 0 Å². The molecule has 0 radical (unpaired) electrons. The molecule has 36 heavy (non-hydrogen) atoms. The molecule has 0 spiro atoms. The van der Waals surface area contributed by atoms with Crippen LogP contribution in [-0.2, 0) is 21.9 Å². The van der Waals surface area contributed by atoms with Gasteiger partial charge in [0.05, 0.1) is 14.2 Å². The minimum absolute atomic E-state index is 0. The molecule has 0 heterocycles. The van der Waals surface area contributed by atoms with Crippen molar-refractivity contribution in [3.05, 3.63) is 56.0 Å². The summed E-state index contributed by atoms with van der Waals surface area (Å²) in [6.45, 7) is 2.23. The van der Waals surface area contributed by atoms with E-state index in [4.69, 9.17) is 9.47 Å². The van der Waals surface area contributed by atoms with E-state index >= 15 is 0 Å². The second kappa shape index (κ2) is 16.5. The number of hydrogen-bond acceptors (Lipinski definition) is 4. The van der Waals surface area contributed by atoms with E-state index in [-0.39, 0.29) is 36.1 Å². The minimum Gasteiger partial charge on any atom is -0.496 e. The number of aldehydes is 1. The molecule has 202 valence electrons. The van der Waals surface area contributed by atoms with Crippen molar-refractivity contribution in [2.24, 2.45) is 11.8 Å². The molecule has 2 fully saturated rings. The Morgan fingerprint density at radius 3 is 1.69 bits per heavy atom. The van der Waals surface area contributed by atoms with Crippen LogP contribution in [0.5, 0.6) is 11.5 Å². The molecule has 4 nitrogen and oxygen atoms in total. The Balaban J connectivity index is 0.000000826. The normalized spacial score (nSPS) is 21.6. The number of para-hydroxylation sites is 2. The average Bonchev–Trinajstić information content (AvgIpc) is 3.58. The molecule has 4 rings (SSSR count). The first-order valence-corrected chi connectivity index (χ1v) is 14.1. The maximum absolute atomic E-state index is 12.4. The molecule has 4 atom stereocenters. The van der Waals surface area contributed by atoms with Crippen molar-refractivity contribution in [3.63, 3.8) is 0 Å². The van der Waals surface area contributed by atoms with Crippen LogP contribution >= 0.6 is 7.92 Å². The van der Waals surface area contributed by atoms with E-state index in [0.717, 1.165) is 24.3 Å². The average molecular weight is 555 g/mol. The van der Waals surface area contributed by atoms with E-state index in [2.05, 4.69) is 50.2 Å². The Morgan fingerprint density at radius 1 is 0.861 bits per heavy atom. The Labute approximate surface area is 231 Å². The first kappa shape index (κ1) is 32.6. The Hall–Kier alpha value is -1.38. The molecule has 0 aromatic heterocycles. The summed E-state index contributed by atoms with van der Waals surface area (Å²) in [4.78, 5) is 14.6. The van der Waals surface area contributed by atoms with Crippen LogP contribution < -0.4 is 20.1 Å². The Morgan fingerprint density at radius 2 is 1.31 bits per heavy atom. The zero-order valence-electron chi connectivity index (χ0n) is 22.9. The van der Waals surface area contributed by atoms with Gasteiger partial charge in [0.25, 0.3) is 0 Å². The van der Waals surface area contributed by atoms with Crippen LogP contribution in [0.4, 0.5) is 0 Å². The number of methoxy groups -OCH3 is 2. The molecule has 0 bridgehead atoms. The summed E-state index contributed by atoms with van der Waals surface area (Å²) in [5, 5.41) is 2.37. The Kier molecular flexibility index (Phi) is 14.9. The maximum atomic E-state index is 12.4. The number of rotatable bonds is 8. The summed E-state index contributed by atoms with van der Waals surface area (Å²) in [5.74, 6) is 2.16. The second-order valence-corrected chi connectivity index (χ2v) is 12.1. The summed E-state index contributed by atoms with van der Waals surface area (Å²) in [6, 6.07) is 16.8. The van der Waals surface area contributed by atoms with Gasteiger partial charge < -0.3 is 26.6 Å². The quantitative estimate of drug-likeness (QED) is 0.172. The van der Waals surface area contributed by atoms with Gasteiger partial charge in [0.2, 0.25) is 0 Å². The van der Waals surface area contributed by atoms with Gasteiger partial charge in [-0.25, -0.2) is 0 Å². The van der Waals surface area contributed by atoms with Gasteiger partial charge in [-0.1, -0.05) is 68.5 Å². The van der Waals surface area contributed by atoms with Gasteiger partial charge in [-0.3, -0.25) is 0 Å². The van der Waals surface area contributed by atoms with Gasteiger partial charge in [0, 0.05) is 39.6 Å². The van der Waals surface area contributed by atoms with E-state index in [0.29, 0.717) is 12.0 Å². The van der Waals surface area contributed by atoms with Crippen molar-refractivity contribution >= 4 is 24.8 Å². The number of carbonyl (C=O) groups excluding carboxylic acids is 1. The molecule has 6 heteroatoms. The molecule has 0 amide bonds. The van der Waals surface area contributed by atoms with E-state index < -0.39 is 7.92 Å². The molecular weight excluding hydrogens is 509 g/mol. The van der Waals surface area contributed by atoms with Crippen molar-refractivity contribution < 1.29 is 31.3 Å². The van der Waals surface area contributed by atoms with Gasteiger partial charge in [-0.2, -0.15) is 0 Å². The first-order chi connectivity index (χ1) is 16.5. The molecule has 2 aromatic rings. The smallest absolute Gasteiger partial charge is 0.126 e. The summed E-state index contributed by atoms with van der Waals surface area (Å²) in [7, 11) is 6.82. The summed E-state index contributed by atoms with van der Waals surface area (Å²) in [6.07, 6.45) is 10.8. The molecule has 2 aromatic carbocycles. The molecular formula is C30H45FeNO3P-. The van der Waals surface area contributed by atoms with Crippen molar-refractivity contribution in [1.29, 1.82) is 0 Å². The van der Waals surface area contributed by atoms with Gasteiger partial charge in [0.1, 0.15) is 17.8 Å². The number of benzene rings is 2. The number of hydrogen-bond donors (Lipinski definition) is 0. The topological polar surface area (TPSA) is 38.8 Å². The van der Waals surface area contributed by atoms with Crippen LogP contribution in [-0.4, -0.2) is 51.2 Å². The minimum atomic E-state index is -0.821. The molecule has 2 aliphatic rings. The van der Waals surface area contributed by atoms with E-state index in [1.54, 1.807) is 14.2 Å². The Bertz CT molecular complexity index is 850. The fourth-order valence-corrected chi connectivity index (χ4v) is 8.82. The number of carbonyl (C=O) groups is 1. The van der Waals surface area contributed by atoms with Crippen molar-refractivity contribution in [2.45, 2.75) is 63.6 Å². The number of ether oxygens (including phenoxy) is 2. The summed E-state index contributed by atoms with van der Waals surface area (Å²) in [5.41, 5.74) is 0.266.